The number of aromatic nitrogens is 1. The highest BCUT2D eigenvalue weighted by Gasteiger charge is 2.04. The lowest BCUT2D eigenvalue weighted by Gasteiger charge is -2.00. The van der Waals surface area contributed by atoms with Crippen LogP contribution in [0.5, 0.6) is 0 Å². The lowest BCUT2D eigenvalue weighted by atomic mass is 10.1. The lowest BCUT2D eigenvalue weighted by Crippen LogP contribution is -2.05. The first-order valence-electron chi connectivity index (χ1n) is 5.29. The van der Waals surface area contributed by atoms with Crippen molar-refractivity contribution in [3.63, 3.8) is 0 Å². The number of hydrogen-bond acceptors (Lipinski definition) is 4. The summed E-state index contributed by atoms with van der Waals surface area (Å²) in [6.07, 6.45) is 0. The van der Waals surface area contributed by atoms with E-state index in [4.69, 9.17) is 5.84 Å². The van der Waals surface area contributed by atoms with Gasteiger partial charge in [-0.3, -0.25) is 5.43 Å². The molecule has 4 heteroatoms. The van der Waals surface area contributed by atoms with Gasteiger partial charge in [0.2, 0.25) is 0 Å². The molecule has 0 aliphatic carbocycles. The number of nitrogen functional groups attached to an aromatic ring is 1. The second-order valence-corrected chi connectivity index (χ2v) is 4.74. The summed E-state index contributed by atoms with van der Waals surface area (Å²) in [6, 6.07) is 16.5. The molecule has 0 radical (unpaired) electrons. The summed E-state index contributed by atoms with van der Waals surface area (Å²) in [5.74, 6) is 5.36. The number of nitrogens with two attached hydrogens (primary N) is 1. The number of nitrogens with one attached hydrogen (secondary N) is 1. The van der Waals surface area contributed by atoms with Gasteiger partial charge in [-0.25, -0.2) is 10.8 Å². The molecule has 0 amide bonds. The molecule has 3 aromatic rings. The topological polar surface area (TPSA) is 50.9 Å². The van der Waals surface area contributed by atoms with Gasteiger partial charge in [-0.15, -0.1) is 0 Å². The summed E-state index contributed by atoms with van der Waals surface area (Å²) in [5, 5.41) is 0.741. The van der Waals surface area contributed by atoms with Crippen LogP contribution in [-0.2, 0) is 0 Å². The van der Waals surface area contributed by atoms with Crippen molar-refractivity contribution in [1.82, 2.24) is 4.98 Å². The van der Waals surface area contributed by atoms with E-state index >= 15 is 0 Å². The predicted molar refractivity (Wildman–Crippen MR) is 72.9 cm³/mol. The standard InChI is InChI=1S/C13H11N3S/c14-16-13-15-11-7-6-10(8-12(11)17-13)9-4-2-1-3-5-9/h1-8H,14H2,(H,15,16). The monoisotopic (exact) mass is 241 g/mol. The number of anilines is 1. The van der Waals surface area contributed by atoms with Gasteiger partial charge in [0.25, 0.3) is 0 Å². The minimum atomic E-state index is 0.741. The average molecular weight is 241 g/mol. The second-order valence-electron chi connectivity index (χ2n) is 3.71. The largest absolute Gasteiger partial charge is 0.300 e. The Hall–Kier alpha value is -1.91. The molecule has 2 aromatic carbocycles. The number of hydrogen-bond donors (Lipinski definition) is 2. The molecule has 1 aromatic heterocycles. The zero-order valence-electron chi connectivity index (χ0n) is 9.05. The van der Waals surface area contributed by atoms with E-state index in [1.807, 2.05) is 24.3 Å². The average Bonchev–Trinajstić information content (AvgIpc) is 2.81. The maximum absolute atomic E-state index is 5.36. The number of thiazole rings is 1. The van der Waals surface area contributed by atoms with Gasteiger partial charge in [-0.05, 0) is 23.3 Å². The quantitative estimate of drug-likeness (QED) is 0.535. The Morgan fingerprint density at radius 3 is 2.59 bits per heavy atom. The van der Waals surface area contributed by atoms with Crippen molar-refractivity contribution in [2.45, 2.75) is 0 Å². The van der Waals surface area contributed by atoms with Gasteiger partial charge in [-0.2, -0.15) is 0 Å². The van der Waals surface area contributed by atoms with E-state index in [0.717, 1.165) is 15.3 Å². The first kappa shape index (κ1) is 10.3. The Morgan fingerprint density at radius 1 is 1.00 bits per heavy atom. The molecule has 1 heterocycles. The molecule has 0 unspecified atom stereocenters. The number of nitrogens with zero attached hydrogens (tertiary/aromatic N) is 1. The van der Waals surface area contributed by atoms with Crippen LogP contribution in [0.3, 0.4) is 0 Å². The van der Waals surface area contributed by atoms with E-state index in [-0.39, 0.29) is 0 Å². The highest BCUT2D eigenvalue weighted by molar-refractivity contribution is 7.22. The maximum atomic E-state index is 5.36. The number of benzene rings is 2. The molecular formula is C13H11N3S. The molecule has 0 saturated carbocycles. The number of fused-ring (bicyclic) bond motifs is 1. The van der Waals surface area contributed by atoms with Crippen LogP contribution in [0.4, 0.5) is 5.13 Å². The Morgan fingerprint density at radius 2 is 1.82 bits per heavy atom. The Kier molecular flexibility index (Phi) is 2.51. The van der Waals surface area contributed by atoms with E-state index in [0.29, 0.717) is 0 Å². The fraction of sp³-hybridized carbons (Fsp3) is 0. The first-order valence-corrected chi connectivity index (χ1v) is 6.11. The molecule has 3 rings (SSSR count). The third-order valence-electron chi connectivity index (χ3n) is 2.62. The van der Waals surface area contributed by atoms with Crippen LogP contribution in [0.2, 0.25) is 0 Å². The minimum absolute atomic E-state index is 0.741. The van der Waals surface area contributed by atoms with Gasteiger partial charge in [0, 0.05) is 0 Å². The molecule has 17 heavy (non-hydrogen) atoms. The van der Waals surface area contributed by atoms with Crippen LogP contribution < -0.4 is 11.3 Å². The Balaban J connectivity index is 2.13. The van der Waals surface area contributed by atoms with Gasteiger partial charge in [0.15, 0.2) is 5.13 Å². The molecular weight excluding hydrogens is 230 g/mol. The lowest BCUT2D eigenvalue weighted by molar-refractivity contribution is 1.31. The zero-order valence-corrected chi connectivity index (χ0v) is 9.87. The summed E-state index contributed by atoms with van der Waals surface area (Å²) < 4.78 is 1.14. The molecule has 0 saturated heterocycles. The molecule has 0 atom stereocenters. The van der Waals surface area contributed by atoms with Gasteiger partial charge in [0.1, 0.15) is 0 Å². The van der Waals surface area contributed by atoms with Gasteiger partial charge >= 0.3 is 0 Å². The summed E-state index contributed by atoms with van der Waals surface area (Å²) in [6.45, 7) is 0. The molecule has 0 bridgehead atoms. The fourth-order valence-corrected chi connectivity index (χ4v) is 2.61. The minimum Gasteiger partial charge on any atom is -0.300 e. The summed E-state index contributed by atoms with van der Waals surface area (Å²) in [7, 11) is 0. The van der Waals surface area contributed by atoms with Crippen molar-refractivity contribution in [3.8, 4) is 11.1 Å². The molecule has 3 N–H and O–H groups in total. The highest BCUT2D eigenvalue weighted by atomic mass is 32.1. The van der Waals surface area contributed by atoms with Gasteiger partial charge in [0.05, 0.1) is 10.2 Å². The van der Waals surface area contributed by atoms with E-state index in [1.54, 1.807) is 11.3 Å². The van der Waals surface area contributed by atoms with Crippen LogP contribution in [-0.4, -0.2) is 4.98 Å². The summed E-state index contributed by atoms with van der Waals surface area (Å²) >= 11 is 1.56. The molecule has 0 aliphatic heterocycles. The molecule has 0 spiro atoms. The van der Waals surface area contributed by atoms with E-state index in [1.165, 1.54) is 11.1 Å². The van der Waals surface area contributed by atoms with Crippen molar-refractivity contribution in [2.24, 2.45) is 5.84 Å². The van der Waals surface area contributed by atoms with Crippen LogP contribution in [0.1, 0.15) is 0 Å². The third kappa shape index (κ3) is 1.88. The van der Waals surface area contributed by atoms with E-state index in [2.05, 4.69) is 34.7 Å². The van der Waals surface area contributed by atoms with Crippen LogP contribution in [0.25, 0.3) is 21.3 Å². The second kappa shape index (κ2) is 4.16. The molecule has 84 valence electrons. The van der Waals surface area contributed by atoms with Crippen molar-refractivity contribution in [3.05, 3.63) is 48.5 Å². The van der Waals surface area contributed by atoms with Crippen LogP contribution >= 0.6 is 11.3 Å². The van der Waals surface area contributed by atoms with Crippen molar-refractivity contribution in [2.75, 3.05) is 5.43 Å². The van der Waals surface area contributed by atoms with Crippen molar-refractivity contribution >= 4 is 26.7 Å². The molecule has 0 aliphatic rings. The van der Waals surface area contributed by atoms with Gasteiger partial charge in [-0.1, -0.05) is 47.7 Å². The fourth-order valence-electron chi connectivity index (χ4n) is 1.80. The molecule has 3 nitrogen and oxygen atoms in total. The zero-order chi connectivity index (χ0) is 11.7. The predicted octanol–water partition coefficient (Wildman–Crippen LogP) is 3.25. The molecule has 0 fully saturated rings. The smallest absolute Gasteiger partial charge is 0.198 e. The summed E-state index contributed by atoms with van der Waals surface area (Å²) in [5.41, 5.74) is 5.97. The van der Waals surface area contributed by atoms with E-state index < -0.39 is 0 Å². The summed E-state index contributed by atoms with van der Waals surface area (Å²) in [4.78, 5) is 4.35. The van der Waals surface area contributed by atoms with Crippen LogP contribution in [0.15, 0.2) is 48.5 Å². The van der Waals surface area contributed by atoms with Crippen molar-refractivity contribution in [1.29, 1.82) is 0 Å². The SMILES string of the molecule is NNc1nc2ccc(-c3ccccc3)cc2s1. The maximum Gasteiger partial charge on any atom is 0.198 e. The Bertz CT molecular complexity index is 646. The third-order valence-corrected chi connectivity index (χ3v) is 3.57. The normalized spacial score (nSPS) is 10.6. The first-order chi connectivity index (χ1) is 8.36. The van der Waals surface area contributed by atoms with Crippen molar-refractivity contribution < 1.29 is 0 Å². The van der Waals surface area contributed by atoms with Crippen LogP contribution in [0, 0.1) is 0 Å². The Labute approximate surface area is 103 Å². The number of rotatable bonds is 2. The van der Waals surface area contributed by atoms with Gasteiger partial charge < -0.3 is 0 Å². The number of hydrazine groups is 1. The van der Waals surface area contributed by atoms with E-state index in [9.17, 15) is 0 Å². The highest BCUT2D eigenvalue weighted by Crippen LogP contribution is 2.29.